The van der Waals surface area contributed by atoms with Gasteiger partial charge in [-0.05, 0) is 30.3 Å². The number of halogens is 1. The summed E-state index contributed by atoms with van der Waals surface area (Å²) < 4.78 is 4.89. The van der Waals surface area contributed by atoms with E-state index in [1.165, 1.54) is 19.4 Å². The standard InChI is InChI=1S/C14H12ClN3O3/c1-21-12-7-4-10(8-16-12)14(20)18-17-13(19)9-2-5-11(15)6-3-9/h2-8H,1H3,(H,17,19)(H,18,20). The van der Waals surface area contributed by atoms with E-state index in [0.717, 1.165) is 0 Å². The molecule has 1 heterocycles. The van der Waals surface area contributed by atoms with Crippen molar-refractivity contribution in [3.8, 4) is 5.88 Å². The van der Waals surface area contributed by atoms with Gasteiger partial charge in [0, 0.05) is 22.8 Å². The topological polar surface area (TPSA) is 80.3 Å². The molecule has 1 aromatic heterocycles. The van der Waals surface area contributed by atoms with Crippen LogP contribution in [0.1, 0.15) is 20.7 Å². The summed E-state index contributed by atoms with van der Waals surface area (Å²) in [7, 11) is 1.48. The normalized spacial score (nSPS) is 9.81. The van der Waals surface area contributed by atoms with E-state index >= 15 is 0 Å². The SMILES string of the molecule is COc1ccc(C(=O)NNC(=O)c2ccc(Cl)cc2)cn1. The molecular weight excluding hydrogens is 294 g/mol. The summed E-state index contributed by atoms with van der Waals surface area (Å²) >= 11 is 5.73. The van der Waals surface area contributed by atoms with E-state index in [-0.39, 0.29) is 0 Å². The lowest BCUT2D eigenvalue weighted by molar-refractivity contribution is 0.0846. The average molecular weight is 306 g/mol. The highest BCUT2D eigenvalue weighted by Gasteiger charge is 2.09. The minimum absolute atomic E-state index is 0.298. The first-order valence-electron chi connectivity index (χ1n) is 5.96. The van der Waals surface area contributed by atoms with Gasteiger partial charge in [-0.15, -0.1) is 0 Å². The predicted molar refractivity (Wildman–Crippen MR) is 77.2 cm³/mol. The van der Waals surface area contributed by atoms with Crippen LogP contribution < -0.4 is 15.6 Å². The minimum Gasteiger partial charge on any atom is -0.481 e. The third kappa shape index (κ3) is 3.93. The van der Waals surface area contributed by atoms with Gasteiger partial charge in [-0.2, -0.15) is 0 Å². The molecule has 0 radical (unpaired) electrons. The first kappa shape index (κ1) is 14.8. The fraction of sp³-hybridized carbons (Fsp3) is 0.0714. The molecule has 108 valence electrons. The van der Waals surface area contributed by atoms with Crippen LogP contribution >= 0.6 is 11.6 Å². The number of carbonyl (C=O) groups excluding carboxylic acids is 2. The molecule has 2 rings (SSSR count). The number of methoxy groups -OCH3 is 1. The van der Waals surface area contributed by atoms with E-state index in [0.29, 0.717) is 22.0 Å². The van der Waals surface area contributed by atoms with E-state index in [4.69, 9.17) is 16.3 Å². The van der Waals surface area contributed by atoms with Gasteiger partial charge < -0.3 is 4.74 Å². The number of rotatable bonds is 3. The summed E-state index contributed by atoms with van der Waals surface area (Å²) in [4.78, 5) is 27.5. The van der Waals surface area contributed by atoms with Crippen molar-refractivity contribution < 1.29 is 14.3 Å². The molecule has 0 saturated carbocycles. The second-order valence-corrected chi connectivity index (χ2v) is 4.44. The second-order valence-electron chi connectivity index (χ2n) is 4.00. The van der Waals surface area contributed by atoms with E-state index in [1.807, 2.05) is 0 Å². The number of nitrogens with zero attached hydrogens (tertiary/aromatic N) is 1. The molecule has 0 atom stereocenters. The highest BCUT2D eigenvalue weighted by atomic mass is 35.5. The molecule has 7 heteroatoms. The molecule has 21 heavy (non-hydrogen) atoms. The summed E-state index contributed by atoms with van der Waals surface area (Å²) in [6.45, 7) is 0. The van der Waals surface area contributed by atoms with Gasteiger partial charge in [0.25, 0.3) is 11.8 Å². The van der Waals surface area contributed by atoms with Crippen LogP contribution in [0.5, 0.6) is 5.88 Å². The molecule has 0 aliphatic rings. The van der Waals surface area contributed by atoms with Crippen molar-refractivity contribution in [1.29, 1.82) is 0 Å². The van der Waals surface area contributed by atoms with Crippen molar-refractivity contribution in [3.63, 3.8) is 0 Å². The van der Waals surface area contributed by atoms with Crippen LogP contribution in [0.25, 0.3) is 0 Å². The Morgan fingerprint density at radius 1 is 1.00 bits per heavy atom. The number of hydrogen-bond donors (Lipinski definition) is 2. The van der Waals surface area contributed by atoms with Crippen LogP contribution in [0.4, 0.5) is 0 Å². The quantitative estimate of drug-likeness (QED) is 0.848. The molecule has 1 aromatic carbocycles. The first-order valence-corrected chi connectivity index (χ1v) is 6.34. The zero-order valence-corrected chi connectivity index (χ0v) is 11.8. The summed E-state index contributed by atoms with van der Waals surface area (Å²) in [6, 6.07) is 9.38. The maximum Gasteiger partial charge on any atom is 0.271 e. The van der Waals surface area contributed by atoms with Crippen molar-refractivity contribution in [1.82, 2.24) is 15.8 Å². The Kier molecular flexibility index (Phi) is 4.73. The molecule has 2 N–H and O–H groups in total. The van der Waals surface area contributed by atoms with Crippen LogP contribution in [0.3, 0.4) is 0 Å². The lowest BCUT2D eigenvalue weighted by Gasteiger charge is -2.07. The van der Waals surface area contributed by atoms with Gasteiger partial charge in [0.05, 0.1) is 12.7 Å². The number of aromatic nitrogens is 1. The number of ether oxygens (including phenoxy) is 1. The minimum atomic E-state index is -0.479. The molecular formula is C14H12ClN3O3. The molecule has 0 aliphatic heterocycles. The Morgan fingerprint density at radius 2 is 1.57 bits per heavy atom. The second kappa shape index (κ2) is 6.71. The van der Waals surface area contributed by atoms with Gasteiger partial charge in [0.15, 0.2) is 0 Å². The van der Waals surface area contributed by atoms with Crippen molar-refractivity contribution in [3.05, 3.63) is 58.7 Å². The molecule has 2 amide bonds. The van der Waals surface area contributed by atoms with Crippen molar-refractivity contribution >= 4 is 23.4 Å². The largest absolute Gasteiger partial charge is 0.481 e. The fourth-order valence-corrected chi connectivity index (χ4v) is 1.62. The lowest BCUT2D eigenvalue weighted by Crippen LogP contribution is -2.41. The number of hydrazine groups is 1. The van der Waals surface area contributed by atoms with Crippen molar-refractivity contribution in [2.24, 2.45) is 0 Å². The Morgan fingerprint density at radius 3 is 2.10 bits per heavy atom. The number of pyridine rings is 1. The molecule has 0 aliphatic carbocycles. The molecule has 0 unspecified atom stereocenters. The third-order valence-corrected chi connectivity index (χ3v) is 2.86. The zero-order valence-electron chi connectivity index (χ0n) is 11.1. The number of hydrogen-bond acceptors (Lipinski definition) is 4. The summed E-state index contributed by atoms with van der Waals surface area (Å²) in [6.07, 6.45) is 1.35. The van der Waals surface area contributed by atoms with Gasteiger partial charge in [-0.3, -0.25) is 20.4 Å². The third-order valence-electron chi connectivity index (χ3n) is 2.60. The Hall–Kier alpha value is -2.60. The highest BCUT2D eigenvalue weighted by Crippen LogP contribution is 2.09. The average Bonchev–Trinajstić information content (AvgIpc) is 2.53. The van der Waals surface area contributed by atoms with Gasteiger partial charge >= 0.3 is 0 Å². The maximum atomic E-state index is 11.8. The predicted octanol–water partition coefficient (Wildman–Crippen LogP) is 1.82. The molecule has 0 saturated heterocycles. The van der Waals surface area contributed by atoms with Crippen LogP contribution in [0.2, 0.25) is 5.02 Å². The van der Waals surface area contributed by atoms with Crippen molar-refractivity contribution in [2.75, 3.05) is 7.11 Å². The molecule has 0 fully saturated rings. The summed E-state index contributed by atoms with van der Waals surface area (Å²) in [5.41, 5.74) is 5.28. The summed E-state index contributed by atoms with van der Waals surface area (Å²) in [5, 5.41) is 0.528. The monoisotopic (exact) mass is 305 g/mol. The number of benzene rings is 1. The molecule has 6 nitrogen and oxygen atoms in total. The van der Waals surface area contributed by atoms with Gasteiger partial charge in [0.2, 0.25) is 5.88 Å². The molecule has 0 spiro atoms. The van der Waals surface area contributed by atoms with E-state index in [1.54, 1.807) is 30.3 Å². The van der Waals surface area contributed by atoms with E-state index in [2.05, 4.69) is 15.8 Å². The first-order chi connectivity index (χ1) is 10.1. The molecule has 2 aromatic rings. The zero-order chi connectivity index (χ0) is 15.2. The maximum absolute atomic E-state index is 11.8. The Balaban J connectivity index is 1.93. The molecule has 0 bridgehead atoms. The van der Waals surface area contributed by atoms with Gasteiger partial charge in [0.1, 0.15) is 0 Å². The Labute approximate surface area is 126 Å². The van der Waals surface area contributed by atoms with Gasteiger partial charge in [-0.1, -0.05) is 11.6 Å². The fourth-order valence-electron chi connectivity index (χ4n) is 1.49. The van der Waals surface area contributed by atoms with Crippen LogP contribution in [0, 0.1) is 0 Å². The van der Waals surface area contributed by atoms with Crippen molar-refractivity contribution in [2.45, 2.75) is 0 Å². The van der Waals surface area contributed by atoms with E-state index < -0.39 is 11.8 Å². The number of amides is 2. The van der Waals surface area contributed by atoms with Crippen LogP contribution in [-0.4, -0.2) is 23.9 Å². The van der Waals surface area contributed by atoms with Gasteiger partial charge in [-0.25, -0.2) is 4.98 Å². The van der Waals surface area contributed by atoms with Crippen LogP contribution in [0.15, 0.2) is 42.6 Å². The number of carbonyl (C=O) groups is 2. The van der Waals surface area contributed by atoms with Crippen LogP contribution in [-0.2, 0) is 0 Å². The highest BCUT2D eigenvalue weighted by molar-refractivity contribution is 6.30. The Bertz CT molecular complexity index is 642. The lowest BCUT2D eigenvalue weighted by atomic mass is 10.2. The number of nitrogens with one attached hydrogen (secondary N) is 2. The smallest absolute Gasteiger partial charge is 0.271 e. The van der Waals surface area contributed by atoms with E-state index in [9.17, 15) is 9.59 Å². The summed E-state index contributed by atoms with van der Waals surface area (Å²) in [5.74, 6) is -0.522.